The maximum atomic E-state index is 4.66. The number of aromatic amines is 1. The first-order valence-electron chi connectivity index (χ1n) is 9.32. The molecule has 3 aromatic heterocycles. The summed E-state index contributed by atoms with van der Waals surface area (Å²) in [4.78, 5) is 4.66. The third kappa shape index (κ3) is 3.88. The van der Waals surface area contributed by atoms with Gasteiger partial charge in [0.25, 0.3) is 0 Å². The van der Waals surface area contributed by atoms with E-state index in [9.17, 15) is 0 Å². The van der Waals surface area contributed by atoms with Crippen molar-refractivity contribution in [1.29, 1.82) is 0 Å². The average molecular weight is 541 g/mol. The molecule has 5 nitrogen and oxygen atoms in total. The summed E-state index contributed by atoms with van der Waals surface area (Å²) in [7, 11) is 0. The van der Waals surface area contributed by atoms with Crippen LogP contribution in [0.4, 0.5) is 0 Å². The van der Waals surface area contributed by atoms with Gasteiger partial charge in [-0.05, 0) is 0 Å². The number of rotatable bonds is 7. The number of para-hydroxylation sites is 1. The fourth-order valence-corrected chi connectivity index (χ4v) is 4.49. The van der Waals surface area contributed by atoms with E-state index in [-0.39, 0.29) is 0 Å². The number of fused-ring (bicyclic) bond motifs is 1. The molecule has 3 heterocycles. The zero-order valence-corrected chi connectivity index (χ0v) is 17.6. The van der Waals surface area contributed by atoms with E-state index in [2.05, 4.69) is 86.1 Å². The summed E-state index contributed by atoms with van der Waals surface area (Å²) in [5.41, 5.74) is 5.68. The Kier molecular flexibility index (Phi) is 5.49. The van der Waals surface area contributed by atoms with Gasteiger partial charge in [-0.15, -0.1) is 0 Å². The maximum absolute atomic E-state index is 4.66. The molecule has 0 spiro atoms. The summed E-state index contributed by atoms with van der Waals surface area (Å²) in [6, 6.07) is 16.8. The SMILES string of the molecule is Cc1cc(CCCCCn2[c](=[Pt])n(-c3ccccc3)c3cccnc32)n[nH]1. The molecular formula is C21H23N5Pt. The molecule has 0 aliphatic carbocycles. The van der Waals surface area contributed by atoms with Crippen LogP contribution in [-0.2, 0) is 32.3 Å². The second-order valence-electron chi connectivity index (χ2n) is 6.76. The number of imidazole rings is 1. The van der Waals surface area contributed by atoms with Crippen LogP contribution in [0.5, 0.6) is 0 Å². The van der Waals surface area contributed by atoms with Gasteiger partial charge in [0, 0.05) is 0 Å². The third-order valence-electron chi connectivity index (χ3n) is 4.73. The molecule has 4 rings (SSSR count). The molecule has 0 bridgehead atoms. The normalized spacial score (nSPS) is 11.4. The van der Waals surface area contributed by atoms with E-state index in [0.717, 1.165) is 48.4 Å². The van der Waals surface area contributed by atoms with Gasteiger partial charge >= 0.3 is 170 Å². The second kappa shape index (κ2) is 8.18. The number of aryl methyl sites for hydroxylation is 3. The molecule has 6 heteroatoms. The summed E-state index contributed by atoms with van der Waals surface area (Å²) in [6.45, 7) is 3.02. The number of nitrogens with zero attached hydrogens (tertiary/aromatic N) is 4. The number of aromatic nitrogens is 5. The predicted octanol–water partition coefficient (Wildman–Crippen LogP) is 4.35. The van der Waals surface area contributed by atoms with Crippen LogP contribution in [0.1, 0.15) is 30.7 Å². The predicted molar refractivity (Wildman–Crippen MR) is 103 cm³/mol. The first-order chi connectivity index (χ1) is 13.2. The molecule has 1 aromatic carbocycles. The Bertz CT molecular complexity index is 1090. The Hall–Kier alpha value is -2.26. The van der Waals surface area contributed by atoms with Gasteiger partial charge in [-0.25, -0.2) is 0 Å². The van der Waals surface area contributed by atoms with Crippen molar-refractivity contribution < 1.29 is 19.4 Å². The van der Waals surface area contributed by atoms with Crippen molar-refractivity contribution in [1.82, 2.24) is 24.3 Å². The molecule has 4 aromatic rings. The molecular weight excluding hydrogens is 517 g/mol. The van der Waals surface area contributed by atoms with Crippen molar-refractivity contribution in [2.45, 2.75) is 39.2 Å². The third-order valence-corrected chi connectivity index (χ3v) is 5.85. The van der Waals surface area contributed by atoms with E-state index in [1.54, 1.807) is 0 Å². The Morgan fingerprint density at radius 2 is 1.89 bits per heavy atom. The van der Waals surface area contributed by atoms with Gasteiger partial charge in [0.2, 0.25) is 0 Å². The Morgan fingerprint density at radius 1 is 1.04 bits per heavy atom. The number of hydrogen-bond acceptors (Lipinski definition) is 2. The van der Waals surface area contributed by atoms with Crippen LogP contribution in [-0.4, -0.2) is 24.3 Å². The number of pyridine rings is 1. The number of nitrogens with one attached hydrogen (secondary N) is 1. The topological polar surface area (TPSA) is 51.4 Å². The van der Waals surface area contributed by atoms with Gasteiger partial charge in [0.15, 0.2) is 0 Å². The molecule has 0 aliphatic rings. The fourth-order valence-electron chi connectivity index (χ4n) is 3.43. The van der Waals surface area contributed by atoms with Crippen LogP contribution in [0.25, 0.3) is 16.9 Å². The van der Waals surface area contributed by atoms with Gasteiger partial charge < -0.3 is 0 Å². The minimum absolute atomic E-state index is 0.978. The zero-order chi connectivity index (χ0) is 18.6. The Balaban J connectivity index is 1.50. The van der Waals surface area contributed by atoms with Crippen LogP contribution in [0.2, 0.25) is 0 Å². The average Bonchev–Trinajstić information content (AvgIpc) is 3.23. The van der Waals surface area contributed by atoms with Crippen molar-refractivity contribution >= 4 is 11.2 Å². The monoisotopic (exact) mass is 540 g/mol. The van der Waals surface area contributed by atoms with Gasteiger partial charge in [-0.2, -0.15) is 0 Å². The Morgan fingerprint density at radius 3 is 2.67 bits per heavy atom. The van der Waals surface area contributed by atoms with Crippen molar-refractivity contribution in [3.8, 4) is 5.69 Å². The zero-order valence-electron chi connectivity index (χ0n) is 15.3. The van der Waals surface area contributed by atoms with E-state index in [4.69, 9.17) is 0 Å². The standard InChI is InChI=1S/C21H23N5.Pt/c1-17-15-18(24-23-17)9-4-3-7-14-25-16-26(19-10-5-2-6-11-19)20-12-8-13-22-21(20)25;/h2,5-6,8,10-13,15H,3-4,7,9,14H2,1H3,(H,23,24);. The quantitative estimate of drug-likeness (QED) is 0.355. The van der Waals surface area contributed by atoms with Gasteiger partial charge in [0.1, 0.15) is 0 Å². The molecule has 0 aliphatic heterocycles. The van der Waals surface area contributed by atoms with E-state index in [1.807, 2.05) is 19.2 Å². The molecule has 1 N–H and O–H groups in total. The van der Waals surface area contributed by atoms with Crippen LogP contribution in [0.15, 0.2) is 54.7 Å². The van der Waals surface area contributed by atoms with Gasteiger partial charge in [-0.3, -0.25) is 0 Å². The first kappa shape index (κ1) is 18.1. The van der Waals surface area contributed by atoms with Crippen molar-refractivity contribution in [3.05, 3.63) is 69.9 Å². The number of hydrogen-bond donors (Lipinski definition) is 1. The molecule has 0 atom stereocenters. The molecule has 27 heavy (non-hydrogen) atoms. The molecule has 0 unspecified atom stereocenters. The van der Waals surface area contributed by atoms with Crippen LogP contribution in [0.3, 0.4) is 0 Å². The summed E-state index contributed by atoms with van der Waals surface area (Å²) >= 11 is 2.42. The molecule has 0 fully saturated rings. The summed E-state index contributed by atoms with van der Waals surface area (Å²) in [5, 5.41) is 7.33. The second-order valence-corrected chi connectivity index (χ2v) is 7.78. The van der Waals surface area contributed by atoms with E-state index < -0.39 is 0 Å². The number of H-pyrrole nitrogens is 1. The number of benzene rings is 1. The minimum atomic E-state index is 0.978. The molecule has 142 valence electrons. The summed E-state index contributed by atoms with van der Waals surface area (Å²) in [5.74, 6) is 0. The number of unbranched alkanes of at least 4 members (excludes halogenated alkanes) is 2. The summed E-state index contributed by atoms with van der Waals surface area (Å²) < 4.78 is 5.82. The van der Waals surface area contributed by atoms with Crippen LogP contribution in [0, 0.1) is 10.7 Å². The van der Waals surface area contributed by atoms with Gasteiger partial charge in [-0.1, -0.05) is 0 Å². The van der Waals surface area contributed by atoms with E-state index in [0.29, 0.717) is 0 Å². The van der Waals surface area contributed by atoms with Crippen molar-refractivity contribution in [3.63, 3.8) is 0 Å². The molecule has 0 amide bonds. The van der Waals surface area contributed by atoms with Crippen LogP contribution >= 0.6 is 0 Å². The summed E-state index contributed by atoms with van der Waals surface area (Å²) in [6.07, 6.45) is 6.39. The van der Waals surface area contributed by atoms with E-state index in [1.165, 1.54) is 15.9 Å². The molecule has 0 saturated heterocycles. The van der Waals surface area contributed by atoms with Crippen molar-refractivity contribution in [2.24, 2.45) is 0 Å². The van der Waals surface area contributed by atoms with Crippen LogP contribution < -0.4 is 0 Å². The van der Waals surface area contributed by atoms with Crippen molar-refractivity contribution in [2.75, 3.05) is 0 Å². The van der Waals surface area contributed by atoms with Gasteiger partial charge in [0.05, 0.1) is 0 Å². The molecule has 0 saturated carbocycles. The van der Waals surface area contributed by atoms with E-state index >= 15 is 0 Å². The fraction of sp³-hybridized carbons (Fsp3) is 0.286. The Labute approximate surface area is 169 Å². The first-order valence-corrected chi connectivity index (χ1v) is 10.5. The molecule has 0 radical (unpaired) electrons.